The number of ether oxygens (including phenoxy) is 2. The molecule has 0 saturated carbocycles. The topological polar surface area (TPSA) is 84.9 Å². The summed E-state index contributed by atoms with van der Waals surface area (Å²) in [6.07, 6.45) is 1.20. The Kier molecular flexibility index (Phi) is 8.40. The van der Waals surface area contributed by atoms with Crippen LogP contribution >= 0.6 is 0 Å². The van der Waals surface area contributed by atoms with Crippen LogP contribution in [0.2, 0.25) is 0 Å². The number of aryl methyl sites for hydroxylation is 2. The molecule has 0 heterocycles. The second kappa shape index (κ2) is 11.3. The lowest BCUT2D eigenvalue weighted by atomic mass is 10.1. The fraction of sp³-hybridized carbons (Fsp3) is 0.296. The standard InChI is InChI=1S/C27H32N2O5S/c1-19-6-7-20(2)26(16-19)29(35(5,31)32)17-22-8-10-23(11-9-22)27(30)28-21(3)18-34-25-14-12-24(33-4)13-15-25/h6-16,21H,17-18H2,1-5H3,(H,28,30). The minimum Gasteiger partial charge on any atom is -0.497 e. The molecule has 0 aliphatic carbocycles. The van der Waals surface area contributed by atoms with Gasteiger partial charge in [-0.15, -0.1) is 0 Å². The molecule has 3 aromatic carbocycles. The molecule has 1 atom stereocenters. The number of carbonyl (C=O) groups is 1. The number of rotatable bonds is 10. The van der Waals surface area contributed by atoms with Crippen LogP contribution in [0.25, 0.3) is 0 Å². The Morgan fingerprint density at radius 3 is 2.20 bits per heavy atom. The first kappa shape index (κ1) is 26.1. The summed E-state index contributed by atoms with van der Waals surface area (Å²) < 4.78 is 37.3. The minimum atomic E-state index is -3.50. The molecule has 0 aliphatic heterocycles. The number of benzene rings is 3. The molecule has 1 N–H and O–H groups in total. The van der Waals surface area contributed by atoms with E-state index in [-0.39, 0.29) is 18.5 Å². The first-order valence-corrected chi connectivity index (χ1v) is 13.1. The van der Waals surface area contributed by atoms with Crippen molar-refractivity contribution in [1.29, 1.82) is 0 Å². The molecule has 0 radical (unpaired) electrons. The molecule has 8 heteroatoms. The first-order valence-electron chi connectivity index (χ1n) is 11.3. The summed E-state index contributed by atoms with van der Waals surface area (Å²) in [4.78, 5) is 12.7. The number of nitrogens with zero attached hydrogens (tertiary/aromatic N) is 1. The summed E-state index contributed by atoms with van der Waals surface area (Å²) in [5.74, 6) is 1.21. The van der Waals surface area contributed by atoms with Crippen molar-refractivity contribution in [1.82, 2.24) is 5.32 Å². The number of hydrogen-bond donors (Lipinski definition) is 1. The molecule has 7 nitrogen and oxygen atoms in total. The zero-order chi connectivity index (χ0) is 25.6. The van der Waals surface area contributed by atoms with Gasteiger partial charge in [0.05, 0.1) is 31.6 Å². The molecule has 0 aliphatic rings. The molecule has 1 unspecified atom stereocenters. The third kappa shape index (κ3) is 7.23. The van der Waals surface area contributed by atoms with Crippen molar-refractivity contribution in [2.45, 2.75) is 33.4 Å². The van der Waals surface area contributed by atoms with E-state index in [1.165, 1.54) is 10.6 Å². The third-order valence-corrected chi connectivity index (χ3v) is 6.64. The van der Waals surface area contributed by atoms with Gasteiger partial charge in [0.25, 0.3) is 5.91 Å². The van der Waals surface area contributed by atoms with E-state index in [0.717, 1.165) is 22.4 Å². The Morgan fingerprint density at radius 1 is 0.971 bits per heavy atom. The lowest BCUT2D eigenvalue weighted by Gasteiger charge is -2.25. The predicted molar refractivity (Wildman–Crippen MR) is 139 cm³/mol. The number of carbonyl (C=O) groups excluding carboxylic acids is 1. The van der Waals surface area contributed by atoms with Gasteiger partial charge < -0.3 is 14.8 Å². The van der Waals surface area contributed by atoms with E-state index in [1.807, 2.05) is 63.2 Å². The smallest absolute Gasteiger partial charge is 0.251 e. The van der Waals surface area contributed by atoms with Crippen molar-refractivity contribution >= 4 is 21.6 Å². The van der Waals surface area contributed by atoms with Crippen molar-refractivity contribution in [3.8, 4) is 11.5 Å². The Morgan fingerprint density at radius 2 is 1.60 bits per heavy atom. The van der Waals surface area contributed by atoms with Gasteiger partial charge in [-0.3, -0.25) is 9.10 Å². The molecule has 0 fully saturated rings. The summed E-state index contributed by atoms with van der Waals surface area (Å²) in [5, 5.41) is 2.92. The largest absolute Gasteiger partial charge is 0.497 e. The van der Waals surface area contributed by atoms with Crippen LogP contribution < -0.4 is 19.1 Å². The molecule has 35 heavy (non-hydrogen) atoms. The van der Waals surface area contributed by atoms with Crippen molar-refractivity contribution in [2.24, 2.45) is 0 Å². The quantitative estimate of drug-likeness (QED) is 0.448. The van der Waals surface area contributed by atoms with Crippen molar-refractivity contribution in [3.05, 3.63) is 89.0 Å². The highest BCUT2D eigenvalue weighted by molar-refractivity contribution is 7.92. The monoisotopic (exact) mass is 496 g/mol. The van der Waals surface area contributed by atoms with Crippen LogP contribution in [-0.4, -0.2) is 40.3 Å². The average Bonchev–Trinajstić information content (AvgIpc) is 2.83. The molecular formula is C27H32N2O5S. The van der Waals surface area contributed by atoms with Crippen LogP contribution in [0.15, 0.2) is 66.7 Å². The van der Waals surface area contributed by atoms with Crippen molar-refractivity contribution < 1.29 is 22.7 Å². The van der Waals surface area contributed by atoms with E-state index in [1.54, 1.807) is 31.4 Å². The molecule has 3 aromatic rings. The number of sulfonamides is 1. The number of hydrogen-bond acceptors (Lipinski definition) is 5. The molecule has 0 saturated heterocycles. The van der Waals surface area contributed by atoms with Gasteiger partial charge in [0.15, 0.2) is 0 Å². The minimum absolute atomic E-state index is 0.178. The van der Waals surface area contributed by atoms with Crippen molar-refractivity contribution in [3.63, 3.8) is 0 Å². The number of nitrogens with one attached hydrogen (secondary N) is 1. The van der Waals surface area contributed by atoms with E-state index in [0.29, 0.717) is 23.6 Å². The van der Waals surface area contributed by atoms with Gasteiger partial charge in [-0.2, -0.15) is 0 Å². The average molecular weight is 497 g/mol. The fourth-order valence-corrected chi connectivity index (χ4v) is 4.48. The van der Waals surface area contributed by atoms with Gasteiger partial charge in [-0.1, -0.05) is 24.3 Å². The highest BCUT2D eigenvalue weighted by Gasteiger charge is 2.20. The summed E-state index contributed by atoms with van der Waals surface area (Å²) in [6.45, 7) is 6.18. The van der Waals surface area contributed by atoms with Crippen LogP contribution in [-0.2, 0) is 16.6 Å². The second-order valence-corrected chi connectivity index (χ2v) is 10.5. The Bertz CT molecular complexity index is 1260. The second-order valence-electron chi connectivity index (χ2n) is 8.62. The Balaban J connectivity index is 1.62. The highest BCUT2D eigenvalue weighted by atomic mass is 32.2. The summed E-state index contributed by atoms with van der Waals surface area (Å²) in [6, 6.07) is 19.7. The summed E-state index contributed by atoms with van der Waals surface area (Å²) in [5.41, 5.74) is 3.78. The maximum absolute atomic E-state index is 12.7. The Labute approximate surface area is 207 Å². The van der Waals surface area contributed by atoms with E-state index in [2.05, 4.69) is 5.32 Å². The number of methoxy groups -OCH3 is 1. The van der Waals surface area contributed by atoms with E-state index in [9.17, 15) is 13.2 Å². The number of amides is 1. The summed E-state index contributed by atoms with van der Waals surface area (Å²) >= 11 is 0. The van der Waals surface area contributed by atoms with E-state index < -0.39 is 10.0 Å². The SMILES string of the molecule is COc1ccc(OCC(C)NC(=O)c2ccc(CN(c3cc(C)ccc3C)S(C)(=O)=O)cc2)cc1. The van der Waals surface area contributed by atoms with Crippen molar-refractivity contribution in [2.75, 3.05) is 24.3 Å². The van der Waals surface area contributed by atoms with Gasteiger partial charge in [0.1, 0.15) is 18.1 Å². The van der Waals surface area contributed by atoms with Gasteiger partial charge in [-0.05, 0) is 79.9 Å². The zero-order valence-corrected chi connectivity index (χ0v) is 21.6. The molecule has 1 amide bonds. The fourth-order valence-electron chi connectivity index (χ4n) is 3.54. The van der Waals surface area contributed by atoms with Crippen LogP contribution in [0.4, 0.5) is 5.69 Å². The summed E-state index contributed by atoms with van der Waals surface area (Å²) in [7, 11) is -1.89. The van der Waals surface area contributed by atoms with Gasteiger partial charge in [0.2, 0.25) is 10.0 Å². The van der Waals surface area contributed by atoms with Crippen LogP contribution in [0.3, 0.4) is 0 Å². The molecule has 0 spiro atoms. The maximum atomic E-state index is 12.7. The normalized spacial score (nSPS) is 12.0. The van der Waals surface area contributed by atoms with Crippen LogP contribution in [0.1, 0.15) is 34.0 Å². The number of anilines is 1. The van der Waals surface area contributed by atoms with Gasteiger partial charge in [-0.25, -0.2) is 8.42 Å². The van der Waals surface area contributed by atoms with Gasteiger partial charge in [0, 0.05) is 5.56 Å². The lowest BCUT2D eigenvalue weighted by molar-refractivity contribution is 0.0926. The van der Waals surface area contributed by atoms with E-state index >= 15 is 0 Å². The molecule has 0 bridgehead atoms. The molecular weight excluding hydrogens is 464 g/mol. The molecule has 0 aromatic heterocycles. The molecule has 3 rings (SSSR count). The zero-order valence-electron chi connectivity index (χ0n) is 20.7. The predicted octanol–water partition coefficient (Wildman–Crippen LogP) is 4.48. The Hall–Kier alpha value is -3.52. The maximum Gasteiger partial charge on any atom is 0.251 e. The van der Waals surface area contributed by atoms with Gasteiger partial charge >= 0.3 is 0 Å². The lowest BCUT2D eigenvalue weighted by Crippen LogP contribution is -2.36. The van der Waals surface area contributed by atoms with E-state index in [4.69, 9.17) is 9.47 Å². The third-order valence-electron chi connectivity index (χ3n) is 5.51. The highest BCUT2D eigenvalue weighted by Crippen LogP contribution is 2.26. The first-order chi connectivity index (χ1) is 16.6. The molecule has 186 valence electrons. The van der Waals surface area contributed by atoms with Crippen LogP contribution in [0.5, 0.6) is 11.5 Å². The van der Waals surface area contributed by atoms with Crippen LogP contribution in [0, 0.1) is 13.8 Å².